The summed E-state index contributed by atoms with van der Waals surface area (Å²) in [6.45, 7) is 0.708. The van der Waals surface area contributed by atoms with Gasteiger partial charge in [0.15, 0.2) is 0 Å². The van der Waals surface area contributed by atoms with Gasteiger partial charge in [-0.1, -0.05) is 11.6 Å². The van der Waals surface area contributed by atoms with Crippen LogP contribution in [0.2, 0.25) is 5.02 Å². The Bertz CT molecular complexity index is 718. The number of anilines is 1. The molecule has 21 heavy (non-hydrogen) atoms. The van der Waals surface area contributed by atoms with Crippen LogP contribution in [-0.4, -0.2) is 47.7 Å². The molecule has 2 aromatic rings. The third kappa shape index (κ3) is 2.05. The molecule has 0 aromatic carbocycles. The molecule has 1 fully saturated rings. The molecule has 0 radical (unpaired) electrons. The molecular weight excluding hydrogens is 288 g/mol. The van der Waals surface area contributed by atoms with Crippen LogP contribution in [0.4, 0.5) is 5.69 Å². The Kier molecular flexibility index (Phi) is 3.49. The number of rotatable bonds is 2. The van der Waals surface area contributed by atoms with E-state index >= 15 is 0 Å². The largest absolute Gasteiger partial charge is 0.387 e. The average Bonchev–Trinajstić information content (AvgIpc) is 3.00. The molecule has 7 heteroatoms. The SMILES string of the molecule is CNc1c(C2C(C#N)CN(C)N2C)cnc2[nH]cc(Cl)c12. The molecule has 2 unspecified atom stereocenters. The number of halogens is 1. The third-order valence-electron chi connectivity index (χ3n) is 4.20. The normalized spacial score (nSPS) is 23.6. The van der Waals surface area contributed by atoms with Gasteiger partial charge < -0.3 is 10.3 Å². The lowest BCUT2D eigenvalue weighted by Gasteiger charge is -2.27. The lowest BCUT2D eigenvalue weighted by atomic mass is 9.94. The number of nitrogens with one attached hydrogen (secondary N) is 2. The third-order valence-corrected chi connectivity index (χ3v) is 4.50. The Labute approximate surface area is 128 Å². The summed E-state index contributed by atoms with van der Waals surface area (Å²) in [6, 6.07) is 2.36. The molecular formula is C14H17ClN6. The summed E-state index contributed by atoms with van der Waals surface area (Å²) in [7, 11) is 5.84. The first-order valence-corrected chi connectivity index (χ1v) is 7.13. The summed E-state index contributed by atoms with van der Waals surface area (Å²) < 4.78 is 0. The summed E-state index contributed by atoms with van der Waals surface area (Å²) >= 11 is 6.27. The predicted molar refractivity (Wildman–Crippen MR) is 82.9 cm³/mol. The van der Waals surface area contributed by atoms with E-state index < -0.39 is 0 Å². The van der Waals surface area contributed by atoms with Crippen molar-refractivity contribution < 1.29 is 0 Å². The van der Waals surface area contributed by atoms with Crippen molar-refractivity contribution in [2.45, 2.75) is 6.04 Å². The number of nitrogens with zero attached hydrogens (tertiary/aromatic N) is 4. The lowest BCUT2D eigenvalue weighted by molar-refractivity contribution is 0.0522. The molecule has 3 rings (SSSR count). The van der Waals surface area contributed by atoms with Crippen molar-refractivity contribution in [3.05, 3.63) is 23.0 Å². The molecule has 0 saturated carbocycles. The van der Waals surface area contributed by atoms with E-state index in [1.807, 2.05) is 27.3 Å². The maximum atomic E-state index is 9.45. The van der Waals surface area contributed by atoms with E-state index in [1.54, 1.807) is 6.20 Å². The van der Waals surface area contributed by atoms with Crippen molar-refractivity contribution in [3.63, 3.8) is 0 Å². The second-order valence-corrected chi connectivity index (χ2v) is 5.70. The Morgan fingerprint density at radius 3 is 2.95 bits per heavy atom. The minimum atomic E-state index is -0.107. The van der Waals surface area contributed by atoms with Crippen molar-refractivity contribution in [2.75, 3.05) is 33.0 Å². The molecule has 2 atom stereocenters. The highest BCUT2D eigenvalue weighted by Crippen LogP contribution is 2.41. The Balaban J connectivity index is 2.20. The molecule has 0 bridgehead atoms. The molecule has 2 N–H and O–H groups in total. The number of aromatic amines is 1. The topological polar surface area (TPSA) is 71.0 Å². The summed E-state index contributed by atoms with van der Waals surface area (Å²) in [5.41, 5.74) is 2.67. The Morgan fingerprint density at radius 1 is 1.52 bits per heavy atom. The van der Waals surface area contributed by atoms with Crippen LogP contribution in [0.3, 0.4) is 0 Å². The van der Waals surface area contributed by atoms with Crippen molar-refractivity contribution in [3.8, 4) is 6.07 Å². The van der Waals surface area contributed by atoms with E-state index in [-0.39, 0.29) is 12.0 Å². The van der Waals surface area contributed by atoms with E-state index in [9.17, 15) is 5.26 Å². The molecule has 110 valence electrons. The number of hydrogen-bond acceptors (Lipinski definition) is 5. The van der Waals surface area contributed by atoms with E-state index in [1.165, 1.54) is 0 Å². The number of aromatic nitrogens is 2. The summed E-state index contributed by atoms with van der Waals surface area (Å²) in [4.78, 5) is 7.50. The van der Waals surface area contributed by atoms with Crippen LogP contribution in [0.5, 0.6) is 0 Å². The van der Waals surface area contributed by atoms with Crippen molar-refractivity contribution in [1.29, 1.82) is 5.26 Å². The maximum Gasteiger partial charge on any atom is 0.140 e. The standard InChI is InChI=1S/C14H17ClN6/c1-17-12-9(5-18-14-11(12)10(15)6-19-14)13-8(4-16)7-20(2)21(13)3/h5-6,8,13H,7H2,1-3H3,(H2,17,18,19). The van der Waals surface area contributed by atoms with Gasteiger partial charge in [-0.25, -0.2) is 15.0 Å². The van der Waals surface area contributed by atoms with E-state index in [0.29, 0.717) is 11.6 Å². The highest BCUT2D eigenvalue weighted by Gasteiger charge is 2.38. The molecule has 1 saturated heterocycles. The second kappa shape index (κ2) is 5.19. The molecule has 3 heterocycles. The van der Waals surface area contributed by atoms with Crippen LogP contribution in [0.1, 0.15) is 11.6 Å². The first-order chi connectivity index (χ1) is 10.1. The van der Waals surface area contributed by atoms with Crippen molar-refractivity contribution in [2.24, 2.45) is 5.92 Å². The van der Waals surface area contributed by atoms with Crippen LogP contribution < -0.4 is 5.32 Å². The molecule has 0 amide bonds. The van der Waals surface area contributed by atoms with Crippen molar-refractivity contribution in [1.82, 2.24) is 20.0 Å². The molecule has 1 aliphatic heterocycles. The minimum absolute atomic E-state index is 0.0367. The average molecular weight is 305 g/mol. The number of fused-ring (bicyclic) bond motifs is 1. The monoisotopic (exact) mass is 304 g/mol. The zero-order valence-corrected chi connectivity index (χ0v) is 12.9. The summed E-state index contributed by atoms with van der Waals surface area (Å²) in [5, 5.41) is 18.3. The van der Waals surface area contributed by atoms with Gasteiger partial charge in [-0.3, -0.25) is 0 Å². The number of H-pyrrole nitrogens is 1. The molecule has 6 nitrogen and oxygen atoms in total. The van der Waals surface area contributed by atoms with Gasteiger partial charge in [-0.15, -0.1) is 0 Å². The fraction of sp³-hybridized carbons (Fsp3) is 0.429. The van der Waals surface area contributed by atoms with Gasteiger partial charge in [0.05, 0.1) is 34.1 Å². The maximum absolute atomic E-state index is 9.45. The summed E-state index contributed by atoms with van der Waals surface area (Å²) in [5.74, 6) is -0.107. The van der Waals surface area contributed by atoms with E-state index in [2.05, 4.69) is 31.4 Å². The van der Waals surface area contributed by atoms with Gasteiger partial charge in [0.1, 0.15) is 5.65 Å². The van der Waals surface area contributed by atoms with Gasteiger partial charge in [-0.2, -0.15) is 5.26 Å². The van der Waals surface area contributed by atoms with Crippen LogP contribution in [-0.2, 0) is 0 Å². The zero-order valence-electron chi connectivity index (χ0n) is 12.2. The Hall–Kier alpha value is -1.81. The Morgan fingerprint density at radius 2 is 2.29 bits per heavy atom. The van der Waals surface area contributed by atoms with Gasteiger partial charge in [0.2, 0.25) is 0 Å². The fourth-order valence-electron chi connectivity index (χ4n) is 3.08. The number of pyridine rings is 1. The van der Waals surface area contributed by atoms with Crippen LogP contribution in [0.15, 0.2) is 12.4 Å². The number of hydrogen-bond donors (Lipinski definition) is 2. The highest BCUT2D eigenvalue weighted by molar-refractivity contribution is 6.36. The quantitative estimate of drug-likeness (QED) is 0.890. The lowest BCUT2D eigenvalue weighted by Crippen LogP contribution is -2.31. The van der Waals surface area contributed by atoms with E-state index in [4.69, 9.17) is 11.6 Å². The second-order valence-electron chi connectivity index (χ2n) is 5.29. The van der Waals surface area contributed by atoms with Crippen LogP contribution >= 0.6 is 11.6 Å². The first kappa shape index (κ1) is 14.1. The molecule has 1 aliphatic rings. The van der Waals surface area contributed by atoms with Crippen LogP contribution in [0.25, 0.3) is 11.0 Å². The van der Waals surface area contributed by atoms with E-state index in [0.717, 1.165) is 22.3 Å². The molecule has 2 aromatic heterocycles. The van der Waals surface area contributed by atoms with Gasteiger partial charge >= 0.3 is 0 Å². The van der Waals surface area contributed by atoms with Crippen molar-refractivity contribution >= 4 is 28.3 Å². The highest BCUT2D eigenvalue weighted by atomic mass is 35.5. The smallest absolute Gasteiger partial charge is 0.140 e. The number of nitriles is 1. The predicted octanol–water partition coefficient (Wildman–Crippen LogP) is 2.23. The number of hydrazine groups is 1. The minimum Gasteiger partial charge on any atom is -0.387 e. The molecule has 0 aliphatic carbocycles. The summed E-state index contributed by atoms with van der Waals surface area (Å²) in [6.07, 6.45) is 3.56. The first-order valence-electron chi connectivity index (χ1n) is 6.75. The van der Waals surface area contributed by atoms with Gasteiger partial charge in [0, 0.05) is 45.6 Å². The zero-order chi connectivity index (χ0) is 15.1. The van der Waals surface area contributed by atoms with Crippen LogP contribution in [0, 0.1) is 17.2 Å². The van der Waals surface area contributed by atoms with Gasteiger partial charge in [0.25, 0.3) is 0 Å². The van der Waals surface area contributed by atoms with Gasteiger partial charge in [-0.05, 0) is 0 Å². The fourth-order valence-corrected chi connectivity index (χ4v) is 3.32. The molecule has 0 spiro atoms.